The molecular weight excluding hydrogens is 406 g/mol. The summed E-state index contributed by atoms with van der Waals surface area (Å²) in [6.45, 7) is 2.14. The number of rotatable bonds is 4. The number of aromatic nitrogens is 3. The minimum Gasteiger partial charge on any atom is -0.508 e. The molecule has 7 nitrogen and oxygen atoms in total. The third-order valence-electron chi connectivity index (χ3n) is 5.20. The molecule has 0 spiro atoms. The van der Waals surface area contributed by atoms with Crippen LogP contribution in [0.3, 0.4) is 0 Å². The van der Waals surface area contributed by atoms with Crippen LogP contribution in [0.25, 0.3) is 44.3 Å². The van der Waals surface area contributed by atoms with Crippen LogP contribution in [0.1, 0.15) is 6.92 Å². The topological polar surface area (TPSA) is 109 Å². The van der Waals surface area contributed by atoms with Crippen molar-refractivity contribution < 1.29 is 20.1 Å². The smallest absolute Gasteiger partial charge is 0.320 e. The molecule has 1 aromatic heterocycles. The third-order valence-corrected chi connectivity index (χ3v) is 5.20. The molecular formula is C25H19N3O4. The summed E-state index contributed by atoms with van der Waals surface area (Å²) in [5.41, 5.74) is 0.749. The van der Waals surface area contributed by atoms with Gasteiger partial charge in [-0.15, -0.1) is 0 Å². The van der Waals surface area contributed by atoms with Gasteiger partial charge in [0.05, 0.1) is 6.61 Å². The van der Waals surface area contributed by atoms with Gasteiger partial charge in [-0.25, -0.2) is 4.98 Å². The van der Waals surface area contributed by atoms with Crippen molar-refractivity contribution in [1.29, 1.82) is 0 Å². The zero-order valence-electron chi connectivity index (χ0n) is 17.1. The molecule has 0 amide bonds. The van der Waals surface area contributed by atoms with Gasteiger partial charge in [0.1, 0.15) is 22.8 Å². The standard InChI is InChI=1S/C25H19N3O4/c1-2-32-25-27-23(26-24(28-25)22-20(30)12-15(29)13-21(22)31)19-11-14-7-3-4-8-16(14)17-9-5-6-10-18(17)19/h3-13,29-31H,2H2,1H3. The zero-order chi connectivity index (χ0) is 22.2. The van der Waals surface area contributed by atoms with Gasteiger partial charge in [0, 0.05) is 17.7 Å². The Kier molecular flexibility index (Phi) is 4.71. The van der Waals surface area contributed by atoms with E-state index >= 15 is 0 Å². The predicted octanol–water partition coefficient (Wildman–Crippen LogP) is 5.03. The molecule has 0 radical (unpaired) electrons. The largest absolute Gasteiger partial charge is 0.508 e. The number of fused-ring (bicyclic) bond motifs is 3. The van der Waals surface area contributed by atoms with E-state index in [9.17, 15) is 15.3 Å². The molecule has 0 aliphatic carbocycles. The molecule has 5 rings (SSSR count). The fourth-order valence-corrected chi connectivity index (χ4v) is 3.85. The second-order valence-corrected chi connectivity index (χ2v) is 7.25. The van der Waals surface area contributed by atoms with Crippen LogP contribution in [-0.4, -0.2) is 36.9 Å². The summed E-state index contributed by atoms with van der Waals surface area (Å²) in [5.74, 6) is -0.613. The van der Waals surface area contributed by atoms with Gasteiger partial charge < -0.3 is 20.1 Å². The third kappa shape index (κ3) is 3.30. The van der Waals surface area contributed by atoms with E-state index in [1.54, 1.807) is 0 Å². The summed E-state index contributed by atoms with van der Waals surface area (Å²) < 4.78 is 5.56. The number of phenolic OH excluding ortho intramolecular Hbond substituents is 3. The Hall–Kier alpha value is -4.39. The SMILES string of the molecule is CCOc1nc(-c2c(O)cc(O)cc2O)nc(-c2cc3ccccc3c3ccccc23)n1. The number of nitrogens with zero attached hydrogens (tertiary/aromatic N) is 3. The van der Waals surface area contributed by atoms with Gasteiger partial charge in [-0.1, -0.05) is 48.5 Å². The number of ether oxygens (including phenoxy) is 1. The highest BCUT2D eigenvalue weighted by Crippen LogP contribution is 2.40. The van der Waals surface area contributed by atoms with Gasteiger partial charge in [-0.05, 0) is 34.5 Å². The molecule has 0 aliphatic heterocycles. The molecule has 1 heterocycles. The number of phenols is 3. The van der Waals surface area contributed by atoms with Crippen LogP contribution < -0.4 is 4.74 Å². The van der Waals surface area contributed by atoms with Crippen LogP contribution in [0, 0.1) is 0 Å². The van der Waals surface area contributed by atoms with Gasteiger partial charge in [0.25, 0.3) is 0 Å². The molecule has 0 saturated heterocycles. The Morgan fingerprint density at radius 2 is 1.34 bits per heavy atom. The molecule has 0 unspecified atom stereocenters. The van der Waals surface area contributed by atoms with Crippen molar-refractivity contribution in [2.75, 3.05) is 6.61 Å². The van der Waals surface area contributed by atoms with E-state index in [1.165, 1.54) is 0 Å². The lowest BCUT2D eigenvalue weighted by Crippen LogP contribution is -2.03. The minimum absolute atomic E-state index is 0.0162. The van der Waals surface area contributed by atoms with Crippen LogP contribution in [0.15, 0.2) is 66.7 Å². The fraction of sp³-hybridized carbons (Fsp3) is 0.0800. The van der Waals surface area contributed by atoms with Crippen LogP contribution in [0.4, 0.5) is 0 Å². The van der Waals surface area contributed by atoms with Crippen molar-refractivity contribution >= 4 is 21.5 Å². The number of benzene rings is 4. The maximum Gasteiger partial charge on any atom is 0.320 e. The number of hydrogen-bond acceptors (Lipinski definition) is 7. The lowest BCUT2D eigenvalue weighted by atomic mass is 9.97. The second-order valence-electron chi connectivity index (χ2n) is 7.25. The number of aromatic hydroxyl groups is 3. The molecule has 158 valence electrons. The first kappa shape index (κ1) is 19.6. The Labute approximate surface area is 183 Å². The van der Waals surface area contributed by atoms with Crippen molar-refractivity contribution in [2.24, 2.45) is 0 Å². The van der Waals surface area contributed by atoms with Crippen molar-refractivity contribution in [3.8, 4) is 46.0 Å². The Balaban J connectivity index is 1.82. The summed E-state index contributed by atoms with van der Waals surface area (Å²) in [4.78, 5) is 13.3. The van der Waals surface area contributed by atoms with Crippen LogP contribution in [0.2, 0.25) is 0 Å². The monoisotopic (exact) mass is 425 g/mol. The molecule has 7 heteroatoms. The molecule has 0 saturated carbocycles. The van der Waals surface area contributed by atoms with Crippen LogP contribution >= 0.6 is 0 Å². The average Bonchev–Trinajstić information content (AvgIpc) is 2.78. The molecule has 0 aliphatic rings. The predicted molar refractivity (Wildman–Crippen MR) is 122 cm³/mol. The maximum atomic E-state index is 10.4. The van der Waals surface area contributed by atoms with E-state index in [1.807, 2.05) is 55.5 Å². The highest BCUT2D eigenvalue weighted by Gasteiger charge is 2.20. The van der Waals surface area contributed by atoms with Crippen molar-refractivity contribution in [3.63, 3.8) is 0 Å². The maximum absolute atomic E-state index is 10.4. The van der Waals surface area contributed by atoms with Crippen LogP contribution in [0.5, 0.6) is 23.3 Å². The number of hydrogen-bond donors (Lipinski definition) is 3. The van der Waals surface area contributed by atoms with E-state index in [0.717, 1.165) is 39.2 Å². The summed E-state index contributed by atoms with van der Waals surface area (Å²) >= 11 is 0. The minimum atomic E-state index is -0.356. The van der Waals surface area contributed by atoms with Crippen molar-refractivity contribution in [3.05, 3.63) is 66.7 Å². The fourth-order valence-electron chi connectivity index (χ4n) is 3.85. The summed E-state index contributed by atoms with van der Waals surface area (Å²) in [5, 5.41) is 34.5. The zero-order valence-corrected chi connectivity index (χ0v) is 17.1. The van der Waals surface area contributed by atoms with E-state index in [4.69, 9.17) is 4.74 Å². The van der Waals surface area contributed by atoms with Crippen molar-refractivity contribution in [2.45, 2.75) is 6.92 Å². The molecule has 5 aromatic rings. The average molecular weight is 425 g/mol. The van der Waals surface area contributed by atoms with Gasteiger partial charge in [-0.3, -0.25) is 0 Å². The van der Waals surface area contributed by atoms with Gasteiger partial charge in [0.15, 0.2) is 11.6 Å². The van der Waals surface area contributed by atoms with Gasteiger partial charge in [0.2, 0.25) is 0 Å². The Morgan fingerprint density at radius 1 is 0.719 bits per heavy atom. The highest BCUT2D eigenvalue weighted by molar-refractivity contribution is 6.13. The Morgan fingerprint density at radius 3 is 2.06 bits per heavy atom. The normalized spacial score (nSPS) is 11.2. The lowest BCUT2D eigenvalue weighted by molar-refractivity contribution is 0.312. The van der Waals surface area contributed by atoms with Gasteiger partial charge in [-0.2, -0.15) is 9.97 Å². The summed E-state index contributed by atoms with van der Waals surface area (Å²) in [7, 11) is 0. The summed E-state index contributed by atoms with van der Waals surface area (Å²) in [6, 6.07) is 20.3. The van der Waals surface area contributed by atoms with E-state index < -0.39 is 0 Å². The second kappa shape index (κ2) is 7.70. The molecule has 4 aromatic carbocycles. The van der Waals surface area contributed by atoms with Crippen LogP contribution in [-0.2, 0) is 0 Å². The van der Waals surface area contributed by atoms with E-state index in [2.05, 4.69) is 21.0 Å². The molecule has 0 bridgehead atoms. The molecule has 3 N–H and O–H groups in total. The molecule has 32 heavy (non-hydrogen) atoms. The Bertz CT molecular complexity index is 1460. The first-order valence-electron chi connectivity index (χ1n) is 10.1. The molecule has 0 atom stereocenters. The van der Waals surface area contributed by atoms with Gasteiger partial charge >= 0.3 is 6.01 Å². The first-order valence-corrected chi connectivity index (χ1v) is 10.1. The van der Waals surface area contributed by atoms with E-state index in [-0.39, 0.29) is 34.6 Å². The highest BCUT2D eigenvalue weighted by atomic mass is 16.5. The lowest BCUT2D eigenvalue weighted by Gasteiger charge is -2.13. The quantitative estimate of drug-likeness (QED) is 0.347. The summed E-state index contributed by atoms with van der Waals surface area (Å²) in [6.07, 6.45) is 0. The first-order chi connectivity index (χ1) is 15.5. The van der Waals surface area contributed by atoms with E-state index in [0.29, 0.717) is 12.4 Å². The van der Waals surface area contributed by atoms with Crippen molar-refractivity contribution in [1.82, 2.24) is 15.0 Å². The molecule has 0 fully saturated rings.